The largest absolute Gasteiger partial charge is 0.281 e. The Bertz CT molecular complexity index is 338. The summed E-state index contributed by atoms with van der Waals surface area (Å²) >= 11 is 5.66. The van der Waals surface area contributed by atoms with E-state index in [1.165, 1.54) is 5.56 Å². The Morgan fingerprint density at radius 2 is 1.81 bits per heavy atom. The van der Waals surface area contributed by atoms with Crippen LogP contribution in [0.15, 0.2) is 30.3 Å². The van der Waals surface area contributed by atoms with Crippen molar-refractivity contribution in [1.82, 2.24) is 0 Å². The monoisotopic (exact) mass is 238 g/mol. The fourth-order valence-corrected chi connectivity index (χ4v) is 2.02. The van der Waals surface area contributed by atoms with Crippen LogP contribution in [0.3, 0.4) is 0 Å². The minimum Gasteiger partial charge on any atom is -0.281 e. The highest BCUT2D eigenvalue weighted by atomic mass is 35.5. The van der Waals surface area contributed by atoms with Gasteiger partial charge in [-0.05, 0) is 35.4 Å². The van der Waals surface area contributed by atoms with Gasteiger partial charge in [-0.1, -0.05) is 51.1 Å². The molecule has 0 spiro atoms. The number of hydrogen-bond donors (Lipinski definition) is 0. The highest BCUT2D eigenvalue weighted by molar-refractivity contribution is 6.64. The molecule has 0 saturated carbocycles. The number of carbonyl (C=O) groups excluding carboxylic acids is 1. The maximum atomic E-state index is 11.4. The molecule has 88 valence electrons. The Morgan fingerprint density at radius 1 is 1.25 bits per heavy atom. The van der Waals surface area contributed by atoms with Crippen LogP contribution in [0, 0.1) is 11.3 Å². The quantitative estimate of drug-likeness (QED) is 0.724. The van der Waals surface area contributed by atoms with Crippen molar-refractivity contribution in [2.75, 3.05) is 0 Å². The SMILES string of the molecule is CC(C)(C)CC(Cc1ccccc1)C(=O)Cl. The standard InChI is InChI=1S/C14H19ClO/c1-14(2,3)10-12(13(15)16)9-11-7-5-4-6-8-11/h4-8,12H,9-10H2,1-3H3. The molecule has 0 aliphatic heterocycles. The summed E-state index contributed by atoms with van der Waals surface area (Å²) in [6.45, 7) is 6.39. The van der Waals surface area contributed by atoms with Crippen LogP contribution >= 0.6 is 11.6 Å². The highest BCUT2D eigenvalue weighted by Gasteiger charge is 2.23. The van der Waals surface area contributed by atoms with E-state index in [4.69, 9.17) is 11.6 Å². The summed E-state index contributed by atoms with van der Waals surface area (Å²) in [5.74, 6) is -0.0796. The molecule has 0 aliphatic carbocycles. The lowest BCUT2D eigenvalue weighted by Crippen LogP contribution is -2.20. The van der Waals surface area contributed by atoms with E-state index in [0.29, 0.717) is 0 Å². The summed E-state index contributed by atoms with van der Waals surface area (Å²) in [6, 6.07) is 10.0. The van der Waals surface area contributed by atoms with Crippen molar-refractivity contribution in [2.45, 2.75) is 33.6 Å². The van der Waals surface area contributed by atoms with Crippen LogP contribution in [0.2, 0.25) is 0 Å². The van der Waals surface area contributed by atoms with Crippen molar-refractivity contribution in [3.63, 3.8) is 0 Å². The van der Waals surface area contributed by atoms with Crippen molar-refractivity contribution in [3.8, 4) is 0 Å². The third-order valence-corrected chi connectivity index (χ3v) is 2.81. The van der Waals surface area contributed by atoms with Crippen LogP contribution in [-0.2, 0) is 11.2 Å². The normalized spacial score (nSPS) is 13.5. The van der Waals surface area contributed by atoms with E-state index in [1.807, 2.05) is 30.3 Å². The molecule has 2 heteroatoms. The van der Waals surface area contributed by atoms with Crippen molar-refractivity contribution < 1.29 is 4.79 Å². The topological polar surface area (TPSA) is 17.1 Å². The van der Waals surface area contributed by atoms with Gasteiger partial charge in [0.1, 0.15) is 0 Å². The number of hydrogen-bond acceptors (Lipinski definition) is 1. The van der Waals surface area contributed by atoms with Crippen molar-refractivity contribution in [1.29, 1.82) is 0 Å². The first kappa shape index (κ1) is 13.2. The van der Waals surface area contributed by atoms with Crippen LogP contribution < -0.4 is 0 Å². The Morgan fingerprint density at radius 3 is 2.25 bits per heavy atom. The van der Waals surface area contributed by atoms with Gasteiger partial charge in [-0.25, -0.2) is 0 Å². The zero-order valence-electron chi connectivity index (χ0n) is 10.2. The van der Waals surface area contributed by atoms with E-state index < -0.39 is 0 Å². The van der Waals surface area contributed by atoms with Gasteiger partial charge in [0, 0.05) is 5.92 Å². The average molecular weight is 239 g/mol. The van der Waals surface area contributed by atoms with Crippen molar-refractivity contribution in [2.24, 2.45) is 11.3 Å². The van der Waals surface area contributed by atoms with E-state index in [-0.39, 0.29) is 16.6 Å². The minimum absolute atomic E-state index is 0.0796. The van der Waals surface area contributed by atoms with E-state index in [9.17, 15) is 4.79 Å². The second kappa shape index (κ2) is 5.49. The Hall–Kier alpha value is -0.820. The van der Waals surface area contributed by atoms with Gasteiger partial charge < -0.3 is 0 Å². The summed E-state index contributed by atoms with van der Waals surface area (Å²) < 4.78 is 0. The zero-order valence-corrected chi connectivity index (χ0v) is 10.9. The zero-order chi connectivity index (χ0) is 12.2. The van der Waals surface area contributed by atoms with Crippen LogP contribution in [0.5, 0.6) is 0 Å². The Kier molecular flexibility index (Phi) is 4.55. The molecule has 0 bridgehead atoms. The van der Waals surface area contributed by atoms with Crippen LogP contribution in [-0.4, -0.2) is 5.24 Å². The maximum Gasteiger partial charge on any atom is 0.225 e. The molecule has 0 amide bonds. The van der Waals surface area contributed by atoms with Gasteiger partial charge in [0.2, 0.25) is 5.24 Å². The summed E-state index contributed by atoms with van der Waals surface area (Å²) in [6.07, 6.45) is 1.56. The first-order chi connectivity index (χ1) is 7.38. The first-order valence-electron chi connectivity index (χ1n) is 5.62. The van der Waals surface area contributed by atoms with Crippen LogP contribution in [0.25, 0.3) is 0 Å². The van der Waals surface area contributed by atoms with E-state index in [0.717, 1.165) is 12.8 Å². The predicted molar refractivity (Wildman–Crippen MR) is 68.6 cm³/mol. The third-order valence-electron chi connectivity index (χ3n) is 2.50. The fourth-order valence-electron chi connectivity index (χ4n) is 1.87. The molecule has 16 heavy (non-hydrogen) atoms. The van der Waals surface area contributed by atoms with E-state index in [1.54, 1.807) is 0 Å². The second-order valence-corrected chi connectivity index (χ2v) is 5.83. The van der Waals surface area contributed by atoms with E-state index in [2.05, 4.69) is 20.8 Å². The maximum absolute atomic E-state index is 11.4. The van der Waals surface area contributed by atoms with Gasteiger partial charge in [-0.15, -0.1) is 0 Å². The molecule has 1 nitrogen and oxygen atoms in total. The molecule has 1 atom stereocenters. The Balaban J connectivity index is 2.70. The number of rotatable bonds is 4. The van der Waals surface area contributed by atoms with Gasteiger partial charge in [-0.2, -0.15) is 0 Å². The van der Waals surface area contributed by atoms with Gasteiger partial charge in [-0.3, -0.25) is 4.79 Å². The molecule has 0 fully saturated rings. The average Bonchev–Trinajstić information content (AvgIpc) is 2.16. The summed E-state index contributed by atoms with van der Waals surface area (Å²) in [7, 11) is 0. The molecule has 0 radical (unpaired) electrons. The Labute approximate surface area is 103 Å². The fraction of sp³-hybridized carbons (Fsp3) is 0.500. The molecule has 1 aromatic carbocycles. The minimum atomic E-state index is -0.223. The molecule has 1 unspecified atom stereocenters. The predicted octanol–water partition coefficient (Wildman–Crippen LogP) is 4.05. The molecular weight excluding hydrogens is 220 g/mol. The van der Waals surface area contributed by atoms with Crippen LogP contribution in [0.4, 0.5) is 0 Å². The molecule has 1 aromatic rings. The molecular formula is C14H19ClO. The molecule has 0 N–H and O–H groups in total. The molecule has 0 aliphatic rings. The molecule has 0 saturated heterocycles. The molecule has 1 rings (SSSR count). The molecule has 0 aromatic heterocycles. The summed E-state index contributed by atoms with van der Waals surface area (Å²) in [5.41, 5.74) is 1.30. The number of benzene rings is 1. The van der Waals surface area contributed by atoms with Crippen molar-refractivity contribution in [3.05, 3.63) is 35.9 Å². The number of halogens is 1. The van der Waals surface area contributed by atoms with E-state index >= 15 is 0 Å². The summed E-state index contributed by atoms with van der Waals surface area (Å²) in [5, 5.41) is -0.223. The second-order valence-electron chi connectivity index (χ2n) is 5.46. The van der Waals surface area contributed by atoms with Crippen molar-refractivity contribution >= 4 is 16.8 Å². The lowest BCUT2D eigenvalue weighted by atomic mass is 9.82. The highest BCUT2D eigenvalue weighted by Crippen LogP contribution is 2.28. The third kappa shape index (κ3) is 4.80. The number of carbonyl (C=O) groups is 1. The first-order valence-corrected chi connectivity index (χ1v) is 5.99. The van der Waals surface area contributed by atoms with Gasteiger partial charge in [0.25, 0.3) is 0 Å². The van der Waals surface area contributed by atoms with Crippen LogP contribution in [0.1, 0.15) is 32.8 Å². The molecule has 0 heterocycles. The summed E-state index contributed by atoms with van der Waals surface area (Å²) in [4.78, 5) is 11.4. The smallest absolute Gasteiger partial charge is 0.225 e. The lowest BCUT2D eigenvalue weighted by Gasteiger charge is -2.23. The lowest BCUT2D eigenvalue weighted by molar-refractivity contribution is -0.115. The van der Waals surface area contributed by atoms with Gasteiger partial charge in [0.15, 0.2) is 0 Å². The van der Waals surface area contributed by atoms with Gasteiger partial charge in [0.05, 0.1) is 0 Å². The van der Waals surface area contributed by atoms with Gasteiger partial charge >= 0.3 is 0 Å².